The lowest BCUT2D eigenvalue weighted by Crippen LogP contribution is -2.45. The van der Waals surface area contributed by atoms with Crippen molar-refractivity contribution >= 4 is 11.6 Å². The van der Waals surface area contributed by atoms with Crippen LogP contribution in [-0.4, -0.2) is 36.0 Å². The van der Waals surface area contributed by atoms with Crippen LogP contribution in [0.4, 0.5) is 5.69 Å². The number of carbonyl (C=O) groups excluding carboxylic acids is 1. The first-order valence-electron chi connectivity index (χ1n) is 7.34. The standard InChI is InChI=1S/C16H25N3O/c1-4-19-9-7-12-5-6-14(11-13(12)8-10-19)18-15(20)16(2,3)17/h5-6,11H,4,7-10,17H2,1-3H3,(H,18,20). The van der Waals surface area contributed by atoms with E-state index in [2.05, 4.69) is 29.3 Å². The molecule has 3 N–H and O–H groups in total. The van der Waals surface area contributed by atoms with Crippen LogP contribution < -0.4 is 11.1 Å². The molecule has 0 fully saturated rings. The lowest BCUT2D eigenvalue weighted by molar-refractivity contribution is -0.120. The summed E-state index contributed by atoms with van der Waals surface area (Å²) in [6.07, 6.45) is 2.12. The predicted molar refractivity (Wildman–Crippen MR) is 82.9 cm³/mol. The highest BCUT2D eigenvalue weighted by molar-refractivity contribution is 5.97. The number of carbonyl (C=O) groups is 1. The zero-order valence-electron chi connectivity index (χ0n) is 12.7. The van der Waals surface area contributed by atoms with Crippen LogP contribution >= 0.6 is 0 Å². The Hall–Kier alpha value is -1.39. The smallest absolute Gasteiger partial charge is 0.243 e. The lowest BCUT2D eigenvalue weighted by atomic mass is 10.0. The fourth-order valence-electron chi connectivity index (χ4n) is 2.46. The molecule has 4 heteroatoms. The number of benzene rings is 1. The van der Waals surface area contributed by atoms with Gasteiger partial charge in [-0.25, -0.2) is 0 Å². The Morgan fingerprint density at radius 2 is 1.95 bits per heavy atom. The van der Waals surface area contributed by atoms with E-state index < -0.39 is 5.54 Å². The molecule has 2 rings (SSSR count). The van der Waals surface area contributed by atoms with Gasteiger partial charge in [0, 0.05) is 18.8 Å². The number of hydrogen-bond donors (Lipinski definition) is 2. The van der Waals surface area contributed by atoms with Gasteiger partial charge in [-0.05, 0) is 56.5 Å². The van der Waals surface area contributed by atoms with E-state index >= 15 is 0 Å². The van der Waals surface area contributed by atoms with Crippen molar-refractivity contribution in [2.24, 2.45) is 5.73 Å². The van der Waals surface area contributed by atoms with E-state index in [1.165, 1.54) is 11.1 Å². The molecule has 20 heavy (non-hydrogen) atoms. The Kier molecular flexibility index (Phi) is 4.45. The second-order valence-electron chi connectivity index (χ2n) is 6.09. The quantitative estimate of drug-likeness (QED) is 0.884. The average Bonchev–Trinajstić information content (AvgIpc) is 2.59. The van der Waals surface area contributed by atoms with Gasteiger partial charge in [0.1, 0.15) is 0 Å². The van der Waals surface area contributed by atoms with Crippen molar-refractivity contribution in [2.75, 3.05) is 25.0 Å². The molecule has 0 saturated heterocycles. The van der Waals surface area contributed by atoms with E-state index in [0.29, 0.717) is 0 Å². The van der Waals surface area contributed by atoms with Gasteiger partial charge in [0.2, 0.25) is 5.91 Å². The second-order valence-corrected chi connectivity index (χ2v) is 6.09. The summed E-state index contributed by atoms with van der Waals surface area (Å²) < 4.78 is 0. The maximum atomic E-state index is 11.9. The Morgan fingerprint density at radius 3 is 2.55 bits per heavy atom. The van der Waals surface area contributed by atoms with Gasteiger partial charge in [-0.1, -0.05) is 13.0 Å². The summed E-state index contributed by atoms with van der Waals surface area (Å²) in [6, 6.07) is 6.20. The van der Waals surface area contributed by atoms with Gasteiger partial charge in [-0.3, -0.25) is 4.79 Å². The van der Waals surface area contributed by atoms with E-state index in [1.54, 1.807) is 13.8 Å². The van der Waals surface area contributed by atoms with E-state index in [-0.39, 0.29) is 5.91 Å². The van der Waals surface area contributed by atoms with Crippen molar-refractivity contribution < 1.29 is 4.79 Å². The summed E-state index contributed by atoms with van der Waals surface area (Å²) in [4.78, 5) is 14.4. The van der Waals surface area contributed by atoms with Crippen molar-refractivity contribution in [3.8, 4) is 0 Å². The number of rotatable bonds is 3. The first-order valence-corrected chi connectivity index (χ1v) is 7.34. The van der Waals surface area contributed by atoms with Crippen molar-refractivity contribution in [1.82, 2.24) is 4.90 Å². The van der Waals surface area contributed by atoms with Gasteiger partial charge in [0.25, 0.3) is 0 Å². The molecule has 0 saturated carbocycles. The third-order valence-electron chi connectivity index (χ3n) is 3.89. The second kappa shape index (κ2) is 5.94. The number of hydrogen-bond acceptors (Lipinski definition) is 3. The zero-order chi connectivity index (χ0) is 14.8. The molecular formula is C16H25N3O. The van der Waals surface area contributed by atoms with Crippen LogP contribution in [0, 0.1) is 0 Å². The van der Waals surface area contributed by atoms with E-state index in [0.717, 1.165) is 38.2 Å². The summed E-state index contributed by atoms with van der Waals surface area (Å²) in [5.41, 5.74) is 8.53. The minimum atomic E-state index is -0.855. The maximum Gasteiger partial charge on any atom is 0.243 e. The molecule has 4 nitrogen and oxygen atoms in total. The van der Waals surface area contributed by atoms with Crippen LogP contribution in [0.1, 0.15) is 31.9 Å². The highest BCUT2D eigenvalue weighted by atomic mass is 16.2. The lowest BCUT2D eigenvalue weighted by Gasteiger charge is -2.18. The predicted octanol–water partition coefficient (Wildman–Crippen LogP) is 1.78. The molecule has 110 valence electrons. The number of fused-ring (bicyclic) bond motifs is 1. The average molecular weight is 275 g/mol. The minimum absolute atomic E-state index is 0.152. The summed E-state index contributed by atoms with van der Waals surface area (Å²) in [7, 11) is 0. The van der Waals surface area contributed by atoms with Crippen LogP contribution in [-0.2, 0) is 17.6 Å². The highest BCUT2D eigenvalue weighted by Gasteiger charge is 2.22. The Balaban J connectivity index is 2.13. The summed E-state index contributed by atoms with van der Waals surface area (Å²) >= 11 is 0. The highest BCUT2D eigenvalue weighted by Crippen LogP contribution is 2.21. The third-order valence-corrected chi connectivity index (χ3v) is 3.89. The van der Waals surface area contributed by atoms with Crippen LogP contribution in [0.3, 0.4) is 0 Å². The fourth-order valence-corrected chi connectivity index (χ4v) is 2.46. The molecule has 0 radical (unpaired) electrons. The minimum Gasteiger partial charge on any atom is -0.325 e. The van der Waals surface area contributed by atoms with Crippen molar-refractivity contribution in [1.29, 1.82) is 0 Å². The van der Waals surface area contributed by atoms with Crippen LogP contribution in [0.5, 0.6) is 0 Å². The van der Waals surface area contributed by atoms with Crippen LogP contribution in [0.15, 0.2) is 18.2 Å². The van der Waals surface area contributed by atoms with Gasteiger partial charge in [0.05, 0.1) is 5.54 Å². The molecule has 1 amide bonds. The third kappa shape index (κ3) is 3.58. The van der Waals surface area contributed by atoms with E-state index in [4.69, 9.17) is 5.73 Å². The summed E-state index contributed by atoms with van der Waals surface area (Å²) in [5, 5.41) is 2.90. The normalized spacial score (nSPS) is 16.4. The van der Waals surface area contributed by atoms with Crippen molar-refractivity contribution in [3.05, 3.63) is 29.3 Å². The van der Waals surface area contributed by atoms with E-state index in [1.807, 2.05) is 6.07 Å². The molecular weight excluding hydrogens is 250 g/mol. The van der Waals surface area contributed by atoms with Crippen molar-refractivity contribution in [3.63, 3.8) is 0 Å². The molecule has 0 unspecified atom stereocenters. The van der Waals surface area contributed by atoms with Gasteiger partial charge >= 0.3 is 0 Å². The molecule has 1 aliphatic heterocycles. The van der Waals surface area contributed by atoms with Gasteiger partial charge < -0.3 is 16.0 Å². The number of anilines is 1. The fraction of sp³-hybridized carbons (Fsp3) is 0.562. The molecule has 1 aliphatic rings. The molecule has 1 heterocycles. The van der Waals surface area contributed by atoms with Crippen molar-refractivity contribution in [2.45, 2.75) is 39.2 Å². The molecule has 0 atom stereocenters. The van der Waals surface area contributed by atoms with E-state index in [9.17, 15) is 4.79 Å². The number of nitrogens with two attached hydrogens (primary N) is 1. The Morgan fingerprint density at radius 1 is 1.30 bits per heavy atom. The largest absolute Gasteiger partial charge is 0.325 e. The number of amides is 1. The Labute approximate surface area is 121 Å². The van der Waals surface area contributed by atoms with Gasteiger partial charge in [0.15, 0.2) is 0 Å². The molecule has 1 aromatic rings. The first kappa shape index (κ1) is 15.0. The summed E-state index contributed by atoms with van der Waals surface area (Å²) in [5.74, 6) is -0.152. The SMILES string of the molecule is CCN1CCc2ccc(NC(=O)C(C)(C)N)cc2CC1. The zero-order valence-corrected chi connectivity index (χ0v) is 12.7. The van der Waals surface area contributed by atoms with Crippen LogP contribution in [0.2, 0.25) is 0 Å². The molecule has 0 bridgehead atoms. The maximum absolute atomic E-state index is 11.9. The van der Waals surface area contributed by atoms with Gasteiger partial charge in [-0.15, -0.1) is 0 Å². The molecule has 1 aromatic carbocycles. The Bertz CT molecular complexity index is 491. The monoisotopic (exact) mass is 275 g/mol. The topological polar surface area (TPSA) is 58.4 Å². The molecule has 0 spiro atoms. The molecule has 0 aliphatic carbocycles. The number of nitrogens with one attached hydrogen (secondary N) is 1. The van der Waals surface area contributed by atoms with Gasteiger partial charge in [-0.2, -0.15) is 0 Å². The number of likely N-dealkylation sites (N-methyl/N-ethyl adjacent to an activating group) is 1. The number of nitrogens with zero attached hydrogens (tertiary/aromatic N) is 1. The van der Waals surface area contributed by atoms with Crippen LogP contribution in [0.25, 0.3) is 0 Å². The first-order chi connectivity index (χ1) is 9.40. The molecule has 0 aromatic heterocycles. The summed E-state index contributed by atoms with van der Waals surface area (Å²) in [6.45, 7) is 8.92.